The number of nitrogens with zero attached hydrogens (tertiary/aromatic N) is 1. The SMILES string of the molecule is CCCN1C(=O)CCc2cc(N)c(F)cc21. The Kier molecular flexibility index (Phi) is 2.81. The molecule has 0 aromatic heterocycles. The quantitative estimate of drug-likeness (QED) is 0.779. The predicted octanol–water partition coefficient (Wildman–Crippen LogP) is 2.10. The second-order valence-corrected chi connectivity index (χ2v) is 4.05. The molecule has 0 atom stereocenters. The lowest BCUT2D eigenvalue weighted by molar-refractivity contribution is -0.118. The first kappa shape index (κ1) is 10.9. The van der Waals surface area contributed by atoms with E-state index in [4.69, 9.17) is 5.73 Å². The summed E-state index contributed by atoms with van der Waals surface area (Å²) in [6.45, 7) is 2.63. The summed E-state index contributed by atoms with van der Waals surface area (Å²) in [5.41, 5.74) is 7.33. The van der Waals surface area contributed by atoms with E-state index in [1.54, 1.807) is 11.0 Å². The van der Waals surface area contributed by atoms with Gasteiger partial charge in [0.15, 0.2) is 0 Å². The molecule has 0 fully saturated rings. The van der Waals surface area contributed by atoms with Crippen LogP contribution >= 0.6 is 0 Å². The van der Waals surface area contributed by atoms with Crippen LogP contribution in [0.3, 0.4) is 0 Å². The molecule has 0 spiro atoms. The number of rotatable bonds is 2. The van der Waals surface area contributed by atoms with Crippen molar-refractivity contribution < 1.29 is 9.18 Å². The summed E-state index contributed by atoms with van der Waals surface area (Å²) in [7, 11) is 0. The van der Waals surface area contributed by atoms with Gasteiger partial charge in [0.05, 0.1) is 5.69 Å². The Morgan fingerprint density at radius 2 is 2.19 bits per heavy atom. The minimum absolute atomic E-state index is 0.0681. The second kappa shape index (κ2) is 4.12. The van der Waals surface area contributed by atoms with Crippen molar-refractivity contribution in [1.29, 1.82) is 0 Å². The van der Waals surface area contributed by atoms with E-state index in [0.717, 1.165) is 12.0 Å². The van der Waals surface area contributed by atoms with Crippen molar-refractivity contribution in [2.45, 2.75) is 26.2 Å². The molecule has 1 aliphatic heterocycles. The maximum atomic E-state index is 13.4. The zero-order chi connectivity index (χ0) is 11.7. The fourth-order valence-electron chi connectivity index (χ4n) is 2.06. The number of halogens is 1. The maximum Gasteiger partial charge on any atom is 0.227 e. The van der Waals surface area contributed by atoms with Crippen LogP contribution in [0.15, 0.2) is 12.1 Å². The molecule has 1 amide bonds. The highest BCUT2D eigenvalue weighted by atomic mass is 19.1. The van der Waals surface area contributed by atoms with Crippen LogP contribution in [0, 0.1) is 5.82 Å². The van der Waals surface area contributed by atoms with Crippen LogP contribution in [0.5, 0.6) is 0 Å². The van der Waals surface area contributed by atoms with Gasteiger partial charge in [-0.3, -0.25) is 4.79 Å². The fraction of sp³-hybridized carbons (Fsp3) is 0.417. The molecule has 0 unspecified atom stereocenters. The van der Waals surface area contributed by atoms with Gasteiger partial charge in [-0.25, -0.2) is 4.39 Å². The van der Waals surface area contributed by atoms with Crippen molar-refractivity contribution in [3.05, 3.63) is 23.5 Å². The van der Waals surface area contributed by atoms with Crippen molar-refractivity contribution >= 4 is 17.3 Å². The van der Waals surface area contributed by atoms with Crippen molar-refractivity contribution in [3.63, 3.8) is 0 Å². The predicted molar refractivity (Wildman–Crippen MR) is 61.8 cm³/mol. The lowest BCUT2D eigenvalue weighted by Gasteiger charge is -2.29. The molecule has 2 rings (SSSR count). The number of carbonyl (C=O) groups is 1. The first-order chi connectivity index (χ1) is 7.63. The summed E-state index contributed by atoms with van der Waals surface area (Å²) in [6, 6.07) is 3.01. The number of hydrogen-bond acceptors (Lipinski definition) is 2. The maximum absolute atomic E-state index is 13.4. The van der Waals surface area contributed by atoms with Gasteiger partial charge in [0.1, 0.15) is 5.82 Å². The molecule has 1 aliphatic rings. The highest BCUT2D eigenvalue weighted by molar-refractivity contribution is 5.96. The molecular formula is C12H15FN2O. The molecule has 0 aliphatic carbocycles. The Labute approximate surface area is 94.0 Å². The Morgan fingerprint density at radius 1 is 1.44 bits per heavy atom. The highest BCUT2D eigenvalue weighted by Crippen LogP contribution is 2.31. The van der Waals surface area contributed by atoms with Crippen LogP contribution in [0.25, 0.3) is 0 Å². The van der Waals surface area contributed by atoms with Crippen molar-refractivity contribution in [2.24, 2.45) is 0 Å². The third kappa shape index (κ3) is 1.75. The number of nitrogens with two attached hydrogens (primary N) is 1. The van der Waals surface area contributed by atoms with Crippen LogP contribution in [0.4, 0.5) is 15.8 Å². The minimum Gasteiger partial charge on any atom is -0.396 e. The number of aryl methyl sites for hydroxylation is 1. The van der Waals surface area contributed by atoms with E-state index in [1.807, 2.05) is 6.92 Å². The number of hydrogen-bond donors (Lipinski definition) is 1. The molecule has 1 aromatic rings. The van der Waals surface area contributed by atoms with E-state index in [0.29, 0.717) is 25.1 Å². The van der Waals surface area contributed by atoms with Crippen LogP contribution in [0.1, 0.15) is 25.3 Å². The number of carbonyl (C=O) groups excluding carboxylic acids is 1. The lowest BCUT2D eigenvalue weighted by atomic mass is 10.00. The molecule has 1 aromatic carbocycles. The van der Waals surface area contributed by atoms with Crippen LogP contribution in [-0.2, 0) is 11.2 Å². The smallest absolute Gasteiger partial charge is 0.227 e. The van der Waals surface area contributed by atoms with Gasteiger partial charge in [-0.1, -0.05) is 6.92 Å². The highest BCUT2D eigenvalue weighted by Gasteiger charge is 2.24. The Morgan fingerprint density at radius 3 is 2.88 bits per heavy atom. The van der Waals surface area contributed by atoms with Gasteiger partial charge < -0.3 is 10.6 Å². The molecule has 2 N–H and O–H groups in total. The van der Waals surface area contributed by atoms with E-state index >= 15 is 0 Å². The van der Waals surface area contributed by atoms with Crippen LogP contribution < -0.4 is 10.6 Å². The average Bonchev–Trinajstić information content (AvgIpc) is 2.25. The van der Waals surface area contributed by atoms with Gasteiger partial charge in [0, 0.05) is 24.7 Å². The van der Waals surface area contributed by atoms with Crippen molar-refractivity contribution in [2.75, 3.05) is 17.2 Å². The zero-order valence-electron chi connectivity index (χ0n) is 9.29. The summed E-state index contributed by atoms with van der Waals surface area (Å²) in [5, 5.41) is 0. The van der Waals surface area contributed by atoms with Crippen molar-refractivity contribution in [1.82, 2.24) is 0 Å². The van der Waals surface area contributed by atoms with Gasteiger partial charge in [-0.15, -0.1) is 0 Å². The molecule has 16 heavy (non-hydrogen) atoms. The number of nitrogen functional groups attached to an aromatic ring is 1. The fourth-order valence-corrected chi connectivity index (χ4v) is 2.06. The van der Waals surface area contributed by atoms with E-state index < -0.39 is 5.82 Å². The number of benzene rings is 1. The van der Waals surface area contributed by atoms with E-state index in [9.17, 15) is 9.18 Å². The van der Waals surface area contributed by atoms with E-state index in [-0.39, 0.29) is 11.6 Å². The molecule has 1 heterocycles. The van der Waals surface area contributed by atoms with E-state index in [1.165, 1.54) is 6.07 Å². The summed E-state index contributed by atoms with van der Waals surface area (Å²) in [6.07, 6.45) is 1.99. The normalized spacial score (nSPS) is 15.1. The molecule has 3 nitrogen and oxygen atoms in total. The molecule has 4 heteroatoms. The Balaban J connectivity index is 2.46. The number of anilines is 2. The van der Waals surface area contributed by atoms with Gasteiger partial charge in [-0.05, 0) is 24.5 Å². The summed E-state index contributed by atoms with van der Waals surface area (Å²) >= 11 is 0. The average molecular weight is 222 g/mol. The first-order valence-corrected chi connectivity index (χ1v) is 5.51. The Bertz CT molecular complexity index is 431. The lowest BCUT2D eigenvalue weighted by Crippen LogP contribution is -2.35. The third-order valence-corrected chi connectivity index (χ3v) is 2.85. The molecule has 86 valence electrons. The van der Waals surface area contributed by atoms with Gasteiger partial charge in [0.25, 0.3) is 0 Å². The largest absolute Gasteiger partial charge is 0.396 e. The summed E-state index contributed by atoms with van der Waals surface area (Å²) in [4.78, 5) is 13.4. The number of amides is 1. The standard InChI is InChI=1S/C12H15FN2O/c1-2-5-15-11-7-9(13)10(14)6-8(11)3-4-12(15)16/h6-7H,2-5,14H2,1H3. The van der Waals surface area contributed by atoms with Gasteiger partial charge in [0.2, 0.25) is 5.91 Å². The summed E-state index contributed by atoms with van der Waals surface area (Å²) in [5.74, 6) is -0.381. The topological polar surface area (TPSA) is 46.3 Å². The molecule has 0 saturated heterocycles. The second-order valence-electron chi connectivity index (χ2n) is 4.05. The zero-order valence-corrected chi connectivity index (χ0v) is 9.29. The molecular weight excluding hydrogens is 207 g/mol. The van der Waals surface area contributed by atoms with Gasteiger partial charge >= 0.3 is 0 Å². The molecule has 0 radical (unpaired) electrons. The number of fused-ring (bicyclic) bond motifs is 1. The van der Waals surface area contributed by atoms with Crippen LogP contribution in [0.2, 0.25) is 0 Å². The minimum atomic E-state index is -0.449. The van der Waals surface area contributed by atoms with Crippen molar-refractivity contribution in [3.8, 4) is 0 Å². The molecule has 0 saturated carbocycles. The first-order valence-electron chi connectivity index (χ1n) is 5.51. The summed E-state index contributed by atoms with van der Waals surface area (Å²) < 4.78 is 13.4. The Hall–Kier alpha value is -1.58. The van der Waals surface area contributed by atoms with E-state index in [2.05, 4.69) is 0 Å². The molecule has 0 bridgehead atoms. The van der Waals surface area contributed by atoms with Gasteiger partial charge in [-0.2, -0.15) is 0 Å². The third-order valence-electron chi connectivity index (χ3n) is 2.85. The monoisotopic (exact) mass is 222 g/mol. The van der Waals surface area contributed by atoms with Crippen LogP contribution in [-0.4, -0.2) is 12.5 Å².